The van der Waals surface area contributed by atoms with Crippen molar-refractivity contribution in [3.63, 3.8) is 0 Å². The van der Waals surface area contributed by atoms with E-state index in [1.54, 1.807) is 19.4 Å². The van der Waals surface area contributed by atoms with E-state index < -0.39 is 6.10 Å². The molecule has 98 valence electrons. The normalized spacial score (nSPS) is 22.7. The van der Waals surface area contributed by atoms with Gasteiger partial charge in [-0.25, -0.2) is 0 Å². The van der Waals surface area contributed by atoms with Gasteiger partial charge < -0.3 is 14.2 Å². The molecule has 1 aliphatic rings. The molecule has 1 aliphatic carbocycles. The minimum absolute atomic E-state index is 0.0473. The summed E-state index contributed by atoms with van der Waals surface area (Å²) in [5.41, 5.74) is 0. The second-order valence-corrected chi connectivity index (χ2v) is 4.39. The van der Waals surface area contributed by atoms with Crippen molar-refractivity contribution in [2.24, 2.45) is 0 Å². The lowest BCUT2D eigenvalue weighted by Gasteiger charge is -2.34. The smallest absolute Gasteiger partial charge is 0.169 e. The standard InChI is InChI=1S/C12H14ClNO4/c1-16-2-3-17-12-10(15)5-11(12)18-9-4-8(13)6-14-7-9/h4,6-7,11-12H,2-3,5H2,1H3. The van der Waals surface area contributed by atoms with Crippen LogP contribution < -0.4 is 4.74 Å². The van der Waals surface area contributed by atoms with E-state index in [0.29, 0.717) is 30.4 Å². The summed E-state index contributed by atoms with van der Waals surface area (Å²) in [6, 6.07) is 1.66. The molecule has 0 radical (unpaired) electrons. The Labute approximate surface area is 110 Å². The third-order valence-electron chi connectivity index (χ3n) is 2.61. The molecule has 0 bridgehead atoms. The van der Waals surface area contributed by atoms with Crippen molar-refractivity contribution in [3.05, 3.63) is 23.5 Å². The van der Waals surface area contributed by atoms with Crippen molar-refractivity contribution in [3.8, 4) is 5.75 Å². The zero-order chi connectivity index (χ0) is 13.0. The molecule has 0 saturated heterocycles. The van der Waals surface area contributed by atoms with Crippen molar-refractivity contribution in [1.29, 1.82) is 0 Å². The number of nitrogens with zero attached hydrogens (tertiary/aromatic N) is 1. The minimum atomic E-state index is -0.515. The zero-order valence-corrected chi connectivity index (χ0v) is 10.7. The predicted molar refractivity (Wildman–Crippen MR) is 64.9 cm³/mol. The van der Waals surface area contributed by atoms with E-state index in [2.05, 4.69) is 4.98 Å². The molecule has 0 spiro atoms. The Kier molecular flexibility index (Phi) is 4.52. The van der Waals surface area contributed by atoms with E-state index in [1.165, 1.54) is 6.20 Å². The van der Waals surface area contributed by atoms with E-state index >= 15 is 0 Å². The van der Waals surface area contributed by atoms with Gasteiger partial charge in [-0.1, -0.05) is 11.6 Å². The van der Waals surface area contributed by atoms with Gasteiger partial charge in [-0.2, -0.15) is 0 Å². The maximum atomic E-state index is 11.4. The summed E-state index contributed by atoms with van der Waals surface area (Å²) >= 11 is 5.80. The van der Waals surface area contributed by atoms with Crippen LogP contribution in [0.15, 0.2) is 18.5 Å². The van der Waals surface area contributed by atoms with Crippen molar-refractivity contribution in [2.45, 2.75) is 18.6 Å². The van der Waals surface area contributed by atoms with Gasteiger partial charge in [-0.15, -0.1) is 0 Å². The average Bonchev–Trinajstić information content (AvgIpc) is 2.34. The molecule has 1 aromatic heterocycles. The number of methoxy groups -OCH3 is 1. The van der Waals surface area contributed by atoms with Gasteiger partial charge in [0.1, 0.15) is 11.9 Å². The fraction of sp³-hybridized carbons (Fsp3) is 0.500. The third kappa shape index (κ3) is 3.19. The van der Waals surface area contributed by atoms with Crippen LogP contribution in [0.1, 0.15) is 6.42 Å². The van der Waals surface area contributed by atoms with Gasteiger partial charge in [0, 0.05) is 25.8 Å². The highest BCUT2D eigenvalue weighted by atomic mass is 35.5. The van der Waals surface area contributed by atoms with Crippen molar-refractivity contribution in [2.75, 3.05) is 20.3 Å². The molecule has 2 atom stereocenters. The fourth-order valence-corrected chi connectivity index (χ4v) is 1.83. The lowest BCUT2D eigenvalue weighted by molar-refractivity contribution is -0.156. The SMILES string of the molecule is COCCOC1C(=O)CC1Oc1cncc(Cl)c1. The third-order valence-corrected chi connectivity index (χ3v) is 2.82. The number of hydrogen-bond acceptors (Lipinski definition) is 5. The maximum Gasteiger partial charge on any atom is 0.169 e. The average molecular weight is 272 g/mol. The molecule has 0 amide bonds. The van der Waals surface area contributed by atoms with Gasteiger partial charge in [-0.05, 0) is 0 Å². The topological polar surface area (TPSA) is 57.7 Å². The van der Waals surface area contributed by atoms with Crippen LogP contribution in [0.25, 0.3) is 0 Å². The van der Waals surface area contributed by atoms with E-state index in [4.69, 9.17) is 25.8 Å². The van der Waals surface area contributed by atoms with Gasteiger partial charge in [0.25, 0.3) is 0 Å². The molecule has 1 aromatic rings. The Morgan fingerprint density at radius 2 is 2.28 bits per heavy atom. The van der Waals surface area contributed by atoms with Crippen LogP contribution in [0.3, 0.4) is 0 Å². The van der Waals surface area contributed by atoms with Crippen molar-refractivity contribution < 1.29 is 19.0 Å². The summed E-state index contributed by atoms with van der Waals surface area (Å²) in [7, 11) is 1.58. The summed E-state index contributed by atoms with van der Waals surface area (Å²) in [5, 5.41) is 0.495. The number of rotatable bonds is 6. The first-order chi connectivity index (χ1) is 8.70. The van der Waals surface area contributed by atoms with Gasteiger partial charge >= 0.3 is 0 Å². The molecular weight excluding hydrogens is 258 g/mol. The Hall–Kier alpha value is -1.17. The summed E-state index contributed by atoms with van der Waals surface area (Å²) in [6.45, 7) is 0.829. The van der Waals surface area contributed by atoms with Crippen LogP contribution in [0.4, 0.5) is 0 Å². The van der Waals surface area contributed by atoms with Crippen LogP contribution in [-0.2, 0) is 14.3 Å². The number of ether oxygens (including phenoxy) is 3. The first kappa shape index (κ1) is 13.3. The second-order valence-electron chi connectivity index (χ2n) is 3.95. The Balaban J connectivity index is 1.87. The number of Topliss-reactive ketones (excluding diaryl/α,β-unsaturated/α-hetero) is 1. The molecule has 0 aromatic carbocycles. The van der Waals surface area contributed by atoms with Crippen LogP contribution in [0.2, 0.25) is 5.02 Å². The largest absolute Gasteiger partial charge is 0.485 e. The molecule has 6 heteroatoms. The van der Waals surface area contributed by atoms with Crippen molar-refractivity contribution >= 4 is 17.4 Å². The molecule has 2 unspecified atom stereocenters. The molecule has 1 fully saturated rings. The molecule has 0 aliphatic heterocycles. The molecular formula is C12H14ClNO4. The highest BCUT2D eigenvalue weighted by molar-refractivity contribution is 6.30. The number of halogens is 1. The van der Waals surface area contributed by atoms with E-state index in [1.807, 2.05) is 0 Å². The van der Waals surface area contributed by atoms with Crippen LogP contribution in [0, 0.1) is 0 Å². The first-order valence-electron chi connectivity index (χ1n) is 5.61. The summed E-state index contributed by atoms with van der Waals surface area (Å²) < 4.78 is 15.9. The van der Waals surface area contributed by atoms with Gasteiger partial charge in [0.2, 0.25) is 0 Å². The van der Waals surface area contributed by atoms with Gasteiger partial charge in [0.15, 0.2) is 11.9 Å². The van der Waals surface area contributed by atoms with Gasteiger partial charge in [0.05, 0.1) is 24.4 Å². The summed E-state index contributed by atoms with van der Waals surface area (Å²) in [5.74, 6) is 0.589. The molecule has 18 heavy (non-hydrogen) atoms. The highest BCUT2D eigenvalue weighted by Crippen LogP contribution is 2.26. The lowest BCUT2D eigenvalue weighted by Crippen LogP contribution is -2.52. The molecule has 1 saturated carbocycles. The van der Waals surface area contributed by atoms with Gasteiger partial charge in [-0.3, -0.25) is 9.78 Å². The number of hydrogen-bond donors (Lipinski definition) is 0. The number of ketones is 1. The van der Waals surface area contributed by atoms with Crippen molar-refractivity contribution in [1.82, 2.24) is 4.98 Å². The summed E-state index contributed by atoms with van der Waals surface area (Å²) in [6.07, 6.45) is 2.64. The van der Waals surface area contributed by atoms with E-state index in [-0.39, 0.29) is 11.9 Å². The molecule has 0 N–H and O–H groups in total. The van der Waals surface area contributed by atoms with Crippen LogP contribution >= 0.6 is 11.6 Å². The fourth-order valence-electron chi connectivity index (χ4n) is 1.66. The Morgan fingerprint density at radius 3 is 2.94 bits per heavy atom. The second kappa shape index (κ2) is 6.13. The maximum absolute atomic E-state index is 11.4. The van der Waals surface area contributed by atoms with E-state index in [9.17, 15) is 4.79 Å². The Morgan fingerprint density at radius 1 is 1.44 bits per heavy atom. The van der Waals surface area contributed by atoms with E-state index in [0.717, 1.165) is 0 Å². The number of aromatic nitrogens is 1. The van der Waals surface area contributed by atoms with Crippen LogP contribution in [-0.4, -0.2) is 43.3 Å². The number of pyridine rings is 1. The number of carbonyl (C=O) groups is 1. The monoisotopic (exact) mass is 271 g/mol. The molecule has 1 heterocycles. The highest BCUT2D eigenvalue weighted by Gasteiger charge is 2.42. The first-order valence-corrected chi connectivity index (χ1v) is 5.99. The number of carbonyl (C=O) groups excluding carboxylic acids is 1. The lowest BCUT2D eigenvalue weighted by atomic mass is 9.90. The molecule has 2 rings (SSSR count). The van der Waals surface area contributed by atoms with Crippen LogP contribution in [0.5, 0.6) is 5.75 Å². The Bertz CT molecular complexity index is 426. The molecule has 5 nitrogen and oxygen atoms in total. The minimum Gasteiger partial charge on any atom is -0.485 e. The zero-order valence-electron chi connectivity index (χ0n) is 9.97. The predicted octanol–water partition coefficient (Wildman–Crippen LogP) is 1.49. The quantitative estimate of drug-likeness (QED) is 0.734. The summed E-state index contributed by atoms with van der Waals surface area (Å²) in [4.78, 5) is 15.3.